The predicted molar refractivity (Wildman–Crippen MR) is 108 cm³/mol. The molecule has 1 aromatic carbocycles. The number of amides is 1. The molecule has 0 heterocycles. The Labute approximate surface area is 163 Å². The van der Waals surface area contributed by atoms with E-state index >= 15 is 0 Å². The van der Waals surface area contributed by atoms with Crippen LogP contribution >= 0.6 is 0 Å². The van der Waals surface area contributed by atoms with Crippen molar-refractivity contribution in [2.75, 3.05) is 0 Å². The van der Waals surface area contributed by atoms with Crippen molar-refractivity contribution in [1.82, 2.24) is 5.32 Å². The number of rotatable bonds is 8. The Balaban J connectivity index is 1.83. The topological polar surface area (TPSA) is 55.4 Å². The quantitative estimate of drug-likeness (QED) is 0.530. The number of hydrogen-bond acceptors (Lipinski definition) is 3. The van der Waals surface area contributed by atoms with Gasteiger partial charge in [-0.1, -0.05) is 51.5 Å². The summed E-state index contributed by atoms with van der Waals surface area (Å²) in [6, 6.07) is 8.79. The number of carbonyl (C=O) groups is 2. The van der Waals surface area contributed by atoms with E-state index in [-0.39, 0.29) is 30.4 Å². The molecule has 2 rings (SSSR count). The number of esters is 1. The Hall–Kier alpha value is -2.10. The maximum atomic E-state index is 12.4. The molecule has 0 aliphatic heterocycles. The molecular formula is C23H33NO3. The monoisotopic (exact) mass is 371 g/mol. The van der Waals surface area contributed by atoms with Crippen molar-refractivity contribution in [3.63, 3.8) is 0 Å². The molecule has 1 N–H and O–H groups in total. The standard InChI is InChI=1S/C23H33NO3/c1-5-19(24-23(26)18-9-7-6-8-10-18)12-14-22(25)27-21-15-17(4)11-13-20(21)16(2)3/h5-10,16-17,19-21H,1,11-15H2,2-4H3,(H,24,26)/t17-,19+,20+,21-/m1/s1. The highest BCUT2D eigenvalue weighted by atomic mass is 16.5. The molecule has 4 heteroatoms. The number of benzene rings is 1. The van der Waals surface area contributed by atoms with E-state index < -0.39 is 0 Å². The largest absolute Gasteiger partial charge is 0.462 e. The van der Waals surface area contributed by atoms with Crippen LogP contribution < -0.4 is 5.32 Å². The van der Waals surface area contributed by atoms with Crippen molar-refractivity contribution in [3.8, 4) is 0 Å². The highest BCUT2D eigenvalue weighted by molar-refractivity contribution is 5.94. The maximum absolute atomic E-state index is 12.4. The van der Waals surface area contributed by atoms with Gasteiger partial charge in [0.25, 0.3) is 5.91 Å². The van der Waals surface area contributed by atoms with Crippen LogP contribution in [0.3, 0.4) is 0 Å². The number of ether oxygens (including phenoxy) is 1. The Morgan fingerprint density at radius 2 is 1.96 bits per heavy atom. The van der Waals surface area contributed by atoms with Crippen LogP contribution in [0.4, 0.5) is 0 Å². The van der Waals surface area contributed by atoms with E-state index in [2.05, 4.69) is 32.7 Å². The molecule has 1 fully saturated rings. The molecule has 0 aromatic heterocycles. The van der Waals surface area contributed by atoms with Gasteiger partial charge in [0.05, 0.1) is 0 Å². The minimum absolute atomic E-state index is 0.0161. The third kappa shape index (κ3) is 6.53. The van der Waals surface area contributed by atoms with Crippen molar-refractivity contribution >= 4 is 11.9 Å². The lowest BCUT2D eigenvalue weighted by molar-refractivity contribution is -0.156. The predicted octanol–water partition coefficient (Wildman–Crippen LogP) is 4.76. The second kappa shape index (κ2) is 10.3. The fourth-order valence-corrected chi connectivity index (χ4v) is 3.84. The summed E-state index contributed by atoms with van der Waals surface area (Å²) in [4.78, 5) is 24.6. The summed E-state index contributed by atoms with van der Waals surface area (Å²) >= 11 is 0. The van der Waals surface area contributed by atoms with E-state index in [4.69, 9.17) is 4.74 Å². The van der Waals surface area contributed by atoms with E-state index in [0.29, 0.717) is 29.7 Å². The van der Waals surface area contributed by atoms with Gasteiger partial charge in [0, 0.05) is 18.0 Å². The van der Waals surface area contributed by atoms with Gasteiger partial charge in [0.2, 0.25) is 0 Å². The third-order valence-electron chi connectivity index (χ3n) is 5.54. The molecule has 4 nitrogen and oxygen atoms in total. The van der Waals surface area contributed by atoms with Gasteiger partial charge in [0.15, 0.2) is 0 Å². The van der Waals surface area contributed by atoms with Crippen LogP contribution in [0.25, 0.3) is 0 Å². The molecule has 1 aromatic rings. The summed E-state index contributed by atoms with van der Waals surface area (Å²) in [6.07, 6.45) is 5.75. The molecule has 4 atom stereocenters. The molecule has 1 amide bonds. The molecule has 0 radical (unpaired) electrons. The van der Waals surface area contributed by atoms with E-state index in [9.17, 15) is 9.59 Å². The van der Waals surface area contributed by atoms with Crippen molar-refractivity contribution < 1.29 is 14.3 Å². The average Bonchev–Trinajstić information content (AvgIpc) is 2.65. The van der Waals surface area contributed by atoms with E-state index in [1.54, 1.807) is 18.2 Å². The molecule has 1 aliphatic rings. The molecule has 0 bridgehead atoms. The Bertz CT molecular complexity index is 626. The van der Waals surface area contributed by atoms with Gasteiger partial charge in [0.1, 0.15) is 6.10 Å². The van der Waals surface area contributed by atoms with Crippen molar-refractivity contribution in [1.29, 1.82) is 0 Å². The van der Waals surface area contributed by atoms with Gasteiger partial charge in [-0.15, -0.1) is 6.58 Å². The summed E-state index contributed by atoms with van der Waals surface area (Å²) in [6.45, 7) is 10.4. The van der Waals surface area contributed by atoms with Crippen molar-refractivity contribution in [2.45, 2.75) is 65.0 Å². The first-order valence-electron chi connectivity index (χ1n) is 10.1. The lowest BCUT2D eigenvalue weighted by atomic mass is 9.75. The van der Waals surface area contributed by atoms with Crippen LogP contribution in [-0.4, -0.2) is 24.0 Å². The smallest absolute Gasteiger partial charge is 0.306 e. The summed E-state index contributed by atoms with van der Waals surface area (Å²) in [7, 11) is 0. The van der Waals surface area contributed by atoms with E-state index in [1.807, 2.05) is 18.2 Å². The molecular weight excluding hydrogens is 338 g/mol. The normalized spacial score (nSPS) is 23.5. The summed E-state index contributed by atoms with van der Waals surface area (Å²) in [5.74, 6) is 1.22. The highest BCUT2D eigenvalue weighted by Gasteiger charge is 2.33. The number of hydrogen-bond donors (Lipinski definition) is 1. The van der Waals surface area contributed by atoms with Crippen LogP contribution in [0.5, 0.6) is 0 Å². The minimum atomic E-state index is -0.253. The van der Waals surface area contributed by atoms with Gasteiger partial charge in [-0.25, -0.2) is 0 Å². The molecule has 27 heavy (non-hydrogen) atoms. The third-order valence-corrected chi connectivity index (χ3v) is 5.54. The van der Waals surface area contributed by atoms with Crippen LogP contribution in [0.2, 0.25) is 0 Å². The van der Waals surface area contributed by atoms with Gasteiger partial charge in [-0.05, 0) is 49.1 Å². The van der Waals surface area contributed by atoms with Crippen LogP contribution in [0.1, 0.15) is 63.2 Å². The Morgan fingerprint density at radius 3 is 2.59 bits per heavy atom. The van der Waals surface area contributed by atoms with Crippen LogP contribution in [0, 0.1) is 17.8 Å². The fourth-order valence-electron chi connectivity index (χ4n) is 3.84. The molecule has 148 valence electrons. The maximum Gasteiger partial charge on any atom is 0.306 e. The molecule has 0 spiro atoms. The zero-order chi connectivity index (χ0) is 19.8. The number of carbonyl (C=O) groups excluding carboxylic acids is 2. The Kier molecular flexibility index (Phi) is 8.08. The fraction of sp³-hybridized carbons (Fsp3) is 0.565. The average molecular weight is 372 g/mol. The zero-order valence-electron chi connectivity index (χ0n) is 16.8. The first-order valence-corrected chi connectivity index (χ1v) is 10.1. The van der Waals surface area contributed by atoms with Gasteiger partial charge < -0.3 is 10.1 Å². The van der Waals surface area contributed by atoms with Crippen LogP contribution in [0.15, 0.2) is 43.0 Å². The van der Waals surface area contributed by atoms with Crippen LogP contribution in [-0.2, 0) is 9.53 Å². The summed E-state index contributed by atoms with van der Waals surface area (Å²) in [5.41, 5.74) is 0.600. The minimum Gasteiger partial charge on any atom is -0.462 e. The second-order valence-electron chi connectivity index (χ2n) is 8.07. The van der Waals surface area contributed by atoms with Gasteiger partial charge >= 0.3 is 5.97 Å². The zero-order valence-corrected chi connectivity index (χ0v) is 16.8. The van der Waals surface area contributed by atoms with E-state index in [0.717, 1.165) is 12.8 Å². The molecule has 1 aliphatic carbocycles. The lowest BCUT2D eigenvalue weighted by Gasteiger charge is -2.36. The molecule has 0 unspecified atom stereocenters. The second-order valence-corrected chi connectivity index (χ2v) is 8.07. The summed E-state index contributed by atoms with van der Waals surface area (Å²) in [5, 5.41) is 2.91. The highest BCUT2D eigenvalue weighted by Crippen LogP contribution is 2.35. The van der Waals surface area contributed by atoms with E-state index in [1.165, 1.54) is 6.42 Å². The SMILES string of the molecule is C=C[C@@H](CCC(=O)O[C@@H]1C[C@H](C)CC[C@H]1C(C)C)NC(=O)c1ccccc1. The molecule has 0 saturated heterocycles. The first kappa shape index (κ1) is 21.2. The Morgan fingerprint density at radius 1 is 1.26 bits per heavy atom. The first-order chi connectivity index (χ1) is 12.9. The van der Waals surface area contributed by atoms with Crippen molar-refractivity contribution in [3.05, 3.63) is 48.6 Å². The lowest BCUT2D eigenvalue weighted by Crippen LogP contribution is -2.37. The van der Waals surface area contributed by atoms with Gasteiger partial charge in [-0.3, -0.25) is 9.59 Å². The summed E-state index contributed by atoms with van der Waals surface area (Å²) < 4.78 is 5.83. The van der Waals surface area contributed by atoms with Crippen molar-refractivity contribution in [2.24, 2.45) is 17.8 Å². The molecule has 1 saturated carbocycles. The number of nitrogens with one attached hydrogen (secondary N) is 1. The van der Waals surface area contributed by atoms with Gasteiger partial charge in [-0.2, -0.15) is 0 Å².